The van der Waals surface area contributed by atoms with Crippen molar-refractivity contribution in [2.24, 2.45) is 0 Å². The van der Waals surface area contributed by atoms with Gasteiger partial charge in [0.25, 0.3) is 0 Å². The first kappa shape index (κ1) is 28.3. The molecule has 3 aliphatic rings. The van der Waals surface area contributed by atoms with Gasteiger partial charge in [-0.25, -0.2) is 38.9 Å². The van der Waals surface area contributed by atoms with Gasteiger partial charge in [-0.15, -0.1) is 0 Å². The Hall–Kier alpha value is -3.45. The molecule has 2 saturated heterocycles. The average Bonchev–Trinajstić information content (AvgIpc) is 3.72. The van der Waals surface area contributed by atoms with Gasteiger partial charge in [0.15, 0.2) is 35.3 Å². The third-order valence-electron chi connectivity index (χ3n) is 7.15. The van der Waals surface area contributed by atoms with Gasteiger partial charge in [-0.3, -0.25) is 27.3 Å². The molecule has 0 bridgehead atoms. The molecule has 7 heterocycles. The molecule has 2 fully saturated rings. The summed E-state index contributed by atoms with van der Waals surface area (Å²) in [6.07, 6.45) is -3.85. The first-order chi connectivity index (χ1) is 20.5. The van der Waals surface area contributed by atoms with Crippen molar-refractivity contribution in [2.75, 3.05) is 18.1 Å². The van der Waals surface area contributed by atoms with Crippen LogP contribution in [0.5, 0.6) is 0 Å². The van der Waals surface area contributed by atoms with Gasteiger partial charge in [-0.1, -0.05) is 0 Å². The van der Waals surface area contributed by atoms with Gasteiger partial charge in [-0.2, -0.15) is 0 Å². The maximum atomic E-state index is 15.8. The number of fused-ring (bicyclic) bond motifs is 4. The monoisotopic (exact) mass is 640 g/mol. The molecule has 0 aliphatic carbocycles. The summed E-state index contributed by atoms with van der Waals surface area (Å²) in [5.74, 6) is 0.974. The molecule has 0 radical (unpaired) electrons. The van der Waals surface area contributed by atoms with Crippen molar-refractivity contribution < 1.29 is 46.4 Å². The molecule has 4 aromatic rings. The highest BCUT2D eigenvalue weighted by molar-refractivity contribution is 7.56. The zero-order valence-corrected chi connectivity index (χ0v) is 23.5. The molecule has 19 nitrogen and oxygen atoms in total. The van der Waals surface area contributed by atoms with Gasteiger partial charge in [0.05, 0.1) is 19.3 Å². The molecule has 228 valence electrons. The number of anilines is 2. The van der Waals surface area contributed by atoms with Crippen LogP contribution in [0, 0.1) is 0 Å². The number of nitrogens with zero attached hydrogens (tertiary/aromatic N) is 8. The summed E-state index contributed by atoms with van der Waals surface area (Å²) in [6, 6.07) is 0. The summed E-state index contributed by atoms with van der Waals surface area (Å²) >= 11 is 0. The molecule has 0 aromatic carbocycles. The second kappa shape index (κ2) is 10.3. The normalized spacial score (nSPS) is 37.5. The molecule has 6 N–H and O–H groups in total. The minimum absolute atomic E-state index is 0.00571. The number of hydrogen-bond donors (Lipinski definition) is 4. The van der Waals surface area contributed by atoms with Gasteiger partial charge in [-0.05, 0) is 6.08 Å². The van der Waals surface area contributed by atoms with Crippen molar-refractivity contribution in [3.8, 4) is 0 Å². The molecular weight excluding hydrogens is 617 g/mol. The molecular formula is C21H23FN10O9P2. The zero-order valence-electron chi connectivity index (χ0n) is 21.7. The van der Waals surface area contributed by atoms with Crippen LogP contribution in [0.25, 0.3) is 22.3 Å². The maximum Gasteiger partial charge on any atom is 0.472 e. The van der Waals surface area contributed by atoms with E-state index in [1.807, 2.05) is 0 Å². The van der Waals surface area contributed by atoms with Crippen molar-refractivity contribution >= 4 is 49.4 Å². The number of ether oxygens (including phenoxy) is 2. The third kappa shape index (κ3) is 5.09. The van der Waals surface area contributed by atoms with Crippen LogP contribution in [-0.2, 0) is 32.2 Å². The highest BCUT2D eigenvalue weighted by Gasteiger charge is 2.51. The fraction of sp³-hybridized carbons (Fsp3) is 0.429. The standard InChI is InChI=1S/C21H23FN10O9P2/c22-13-16-9(39-21(13)32-8-30-15-18(24)26-6-28-20(15)32)1-2-42(33,34)40-10-3-12(38-11(10)4-37-43(35,36)41-16)31-7-29-14-17(23)25-5-27-19(14)31/h1-2,5-13,16,21H,3-4H2,(H,33,34)(H,35,36)(H2,23,25,27)(H2,24,26,28)/b2-1+/t9-,10+,11-,12-,13-,16-,21-/m1/s1. The Bertz CT molecular complexity index is 1840. The minimum atomic E-state index is -4.96. The second-order valence-corrected chi connectivity index (χ2v) is 12.9. The third-order valence-corrected chi connectivity index (χ3v) is 9.26. The van der Waals surface area contributed by atoms with Gasteiger partial charge >= 0.3 is 15.4 Å². The lowest BCUT2D eigenvalue weighted by Gasteiger charge is -2.25. The van der Waals surface area contributed by atoms with Gasteiger partial charge in [0, 0.05) is 12.2 Å². The number of phosphoric ester groups is 1. The van der Waals surface area contributed by atoms with Gasteiger partial charge in [0.2, 0.25) is 0 Å². The average molecular weight is 640 g/mol. The van der Waals surface area contributed by atoms with E-state index in [-0.39, 0.29) is 29.2 Å². The molecule has 3 aliphatic heterocycles. The molecule has 43 heavy (non-hydrogen) atoms. The number of hydrogen-bond acceptors (Lipinski definition) is 15. The van der Waals surface area contributed by atoms with Crippen LogP contribution in [0.2, 0.25) is 0 Å². The molecule has 4 aromatic heterocycles. The largest absolute Gasteiger partial charge is 0.472 e. The summed E-state index contributed by atoms with van der Waals surface area (Å²) < 4.78 is 72.4. The van der Waals surface area contributed by atoms with E-state index >= 15 is 4.39 Å². The zero-order chi connectivity index (χ0) is 30.1. The first-order valence-electron chi connectivity index (χ1n) is 12.7. The number of aromatic nitrogens is 8. The van der Waals surface area contributed by atoms with Crippen LogP contribution in [0.15, 0.2) is 37.2 Å². The highest BCUT2D eigenvalue weighted by Crippen LogP contribution is 2.54. The van der Waals surface area contributed by atoms with E-state index in [0.29, 0.717) is 11.2 Å². The van der Waals surface area contributed by atoms with Crippen molar-refractivity contribution in [3.05, 3.63) is 37.2 Å². The SMILES string of the molecule is Nc1ncnc2c1ncn2[C@@H]1O[C@@H]2/C=C/P(=O)(O)O[C@H]3C[C@H](n4cnc5c(N)ncnc54)O[C@@H]3COP(=O)(O)O[C@H]2[C@H]1F. The molecule has 9 atom stereocenters. The minimum Gasteiger partial charge on any atom is -0.382 e. The summed E-state index contributed by atoms with van der Waals surface area (Å²) in [7, 11) is -9.49. The number of imidazole rings is 2. The molecule has 0 spiro atoms. The van der Waals surface area contributed by atoms with Crippen LogP contribution in [-0.4, -0.2) is 86.0 Å². The number of rotatable bonds is 2. The Morgan fingerprint density at radius 1 is 0.884 bits per heavy atom. The Kier molecular flexibility index (Phi) is 6.80. The van der Waals surface area contributed by atoms with E-state index in [0.717, 1.165) is 18.2 Å². The fourth-order valence-corrected chi connectivity index (χ4v) is 7.20. The fourth-order valence-electron chi connectivity index (χ4n) is 5.19. The Morgan fingerprint density at radius 3 is 2.23 bits per heavy atom. The summed E-state index contributed by atoms with van der Waals surface area (Å²) in [5, 5.41) is 0. The Morgan fingerprint density at radius 2 is 1.53 bits per heavy atom. The molecule has 0 saturated carbocycles. The summed E-state index contributed by atoms with van der Waals surface area (Å²) in [5.41, 5.74) is 12.6. The number of alkyl halides is 1. The van der Waals surface area contributed by atoms with Crippen LogP contribution in [0.3, 0.4) is 0 Å². The van der Waals surface area contributed by atoms with Crippen LogP contribution < -0.4 is 11.5 Å². The van der Waals surface area contributed by atoms with E-state index in [4.69, 9.17) is 34.5 Å². The van der Waals surface area contributed by atoms with E-state index < -0.39 is 65.1 Å². The summed E-state index contributed by atoms with van der Waals surface area (Å²) in [4.78, 5) is 45.4. The van der Waals surface area contributed by atoms with Crippen molar-refractivity contribution in [3.63, 3.8) is 0 Å². The number of nitrogens with two attached hydrogens (primary N) is 2. The molecule has 2 unspecified atom stereocenters. The van der Waals surface area contributed by atoms with Gasteiger partial charge < -0.3 is 30.7 Å². The van der Waals surface area contributed by atoms with Crippen molar-refractivity contribution in [2.45, 2.75) is 49.5 Å². The van der Waals surface area contributed by atoms with E-state index in [1.54, 1.807) is 0 Å². The van der Waals surface area contributed by atoms with Crippen LogP contribution in [0.4, 0.5) is 16.0 Å². The second-order valence-electron chi connectivity index (χ2n) is 9.85. The first-order valence-corrected chi connectivity index (χ1v) is 15.8. The maximum absolute atomic E-state index is 15.8. The number of nitrogen functional groups attached to an aromatic ring is 2. The van der Waals surface area contributed by atoms with E-state index in [2.05, 4.69) is 29.9 Å². The molecule has 7 rings (SSSR count). The molecule has 0 amide bonds. The van der Waals surface area contributed by atoms with E-state index in [9.17, 15) is 18.9 Å². The van der Waals surface area contributed by atoms with E-state index in [1.165, 1.54) is 28.1 Å². The quantitative estimate of drug-likeness (QED) is 0.222. The molecule has 22 heteroatoms. The Balaban J connectivity index is 1.18. The lowest BCUT2D eigenvalue weighted by Crippen LogP contribution is -2.32. The summed E-state index contributed by atoms with van der Waals surface area (Å²) in [6.45, 7) is -0.622. The van der Waals surface area contributed by atoms with Gasteiger partial charge in [0.1, 0.15) is 54.3 Å². The topological polar surface area (TPSA) is 260 Å². The highest BCUT2D eigenvalue weighted by atomic mass is 31.2. The lowest BCUT2D eigenvalue weighted by atomic mass is 10.1. The van der Waals surface area contributed by atoms with Crippen molar-refractivity contribution in [1.82, 2.24) is 39.0 Å². The lowest BCUT2D eigenvalue weighted by molar-refractivity contribution is -0.0450. The van der Waals surface area contributed by atoms with Crippen LogP contribution in [0.1, 0.15) is 18.9 Å². The predicted octanol–water partition coefficient (Wildman–Crippen LogP) is 0.954. The van der Waals surface area contributed by atoms with Crippen molar-refractivity contribution in [1.29, 1.82) is 0 Å². The number of phosphoric acid groups is 1. The number of halogens is 1. The van der Waals surface area contributed by atoms with Crippen LogP contribution >= 0.6 is 15.4 Å². The Labute approximate surface area is 239 Å². The predicted molar refractivity (Wildman–Crippen MR) is 141 cm³/mol. The smallest absolute Gasteiger partial charge is 0.382 e.